The molecule has 0 saturated heterocycles. The smallest absolute Gasteiger partial charge is 0.336 e. The Balaban J connectivity index is 2.19. The van der Waals surface area contributed by atoms with E-state index in [1.54, 1.807) is 18.2 Å². The van der Waals surface area contributed by atoms with Gasteiger partial charge in [-0.3, -0.25) is 10.1 Å². The maximum Gasteiger partial charge on any atom is 0.336 e. The van der Waals surface area contributed by atoms with E-state index >= 15 is 0 Å². The summed E-state index contributed by atoms with van der Waals surface area (Å²) in [5.41, 5.74) is 4.71. The van der Waals surface area contributed by atoms with Gasteiger partial charge in [-0.1, -0.05) is 0 Å². The standard InChI is InChI=1S/C13H12N2O5/c1-7(12(17)15-13(14)18)19-9-4-2-8-3-5-11(16)20-10(8)6-9/h2-7H,1H3,(H3,14,15,17,18)/t7-/m1/s1. The number of nitrogens with two attached hydrogens (primary N) is 1. The number of nitrogens with one attached hydrogen (secondary N) is 1. The molecule has 0 bridgehead atoms. The third kappa shape index (κ3) is 3.14. The van der Waals surface area contributed by atoms with Gasteiger partial charge >= 0.3 is 11.7 Å². The molecule has 1 aromatic heterocycles. The number of ether oxygens (including phenoxy) is 1. The molecule has 1 aromatic carbocycles. The lowest BCUT2D eigenvalue weighted by Crippen LogP contribution is -2.42. The molecule has 0 fully saturated rings. The van der Waals surface area contributed by atoms with Crippen LogP contribution in [-0.4, -0.2) is 18.0 Å². The monoisotopic (exact) mass is 276 g/mol. The number of imide groups is 1. The number of fused-ring (bicyclic) bond motifs is 1. The summed E-state index contributed by atoms with van der Waals surface area (Å²) < 4.78 is 10.3. The highest BCUT2D eigenvalue weighted by atomic mass is 16.5. The Labute approximate surface area is 113 Å². The van der Waals surface area contributed by atoms with Gasteiger partial charge in [-0.15, -0.1) is 0 Å². The maximum atomic E-state index is 11.5. The summed E-state index contributed by atoms with van der Waals surface area (Å²) in [5, 5.41) is 2.64. The molecular formula is C13H12N2O5. The number of rotatable bonds is 3. The van der Waals surface area contributed by atoms with Crippen LogP contribution in [0.5, 0.6) is 5.75 Å². The zero-order valence-electron chi connectivity index (χ0n) is 10.6. The normalized spacial score (nSPS) is 11.8. The fourth-order valence-electron chi connectivity index (χ4n) is 1.59. The summed E-state index contributed by atoms with van der Waals surface area (Å²) in [7, 11) is 0. The minimum atomic E-state index is -0.949. The van der Waals surface area contributed by atoms with E-state index in [4.69, 9.17) is 14.9 Å². The average Bonchev–Trinajstić information content (AvgIpc) is 2.37. The number of amides is 3. The molecule has 0 radical (unpaired) electrons. The maximum absolute atomic E-state index is 11.5. The fourth-order valence-corrected chi connectivity index (χ4v) is 1.59. The highest BCUT2D eigenvalue weighted by molar-refractivity contribution is 5.95. The topological polar surface area (TPSA) is 112 Å². The molecular weight excluding hydrogens is 264 g/mol. The zero-order valence-corrected chi connectivity index (χ0v) is 10.6. The second-order valence-corrected chi connectivity index (χ2v) is 4.07. The Bertz CT molecular complexity index is 722. The van der Waals surface area contributed by atoms with Gasteiger partial charge in [0.2, 0.25) is 0 Å². The molecule has 0 aliphatic rings. The number of hydrogen-bond donors (Lipinski definition) is 2. The lowest BCUT2D eigenvalue weighted by Gasteiger charge is -2.13. The van der Waals surface area contributed by atoms with Gasteiger partial charge < -0.3 is 14.9 Å². The van der Waals surface area contributed by atoms with Crippen LogP contribution < -0.4 is 21.4 Å². The fraction of sp³-hybridized carbons (Fsp3) is 0.154. The van der Waals surface area contributed by atoms with Gasteiger partial charge in [0.05, 0.1) is 0 Å². The molecule has 0 unspecified atom stereocenters. The molecule has 7 nitrogen and oxygen atoms in total. The van der Waals surface area contributed by atoms with E-state index < -0.39 is 23.7 Å². The first kappa shape index (κ1) is 13.6. The van der Waals surface area contributed by atoms with E-state index in [1.807, 2.05) is 5.32 Å². The van der Waals surface area contributed by atoms with Crippen molar-refractivity contribution in [1.29, 1.82) is 0 Å². The third-order valence-corrected chi connectivity index (χ3v) is 2.52. The van der Waals surface area contributed by atoms with Crippen molar-refractivity contribution in [2.24, 2.45) is 5.73 Å². The molecule has 1 heterocycles. The Hall–Kier alpha value is -2.83. The van der Waals surface area contributed by atoms with E-state index in [2.05, 4.69) is 0 Å². The van der Waals surface area contributed by atoms with Crippen molar-refractivity contribution in [3.63, 3.8) is 0 Å². The minimum absolute atomic E-state index is 0.332. The average molecular weight is 276 g/mol. The van der Waals surface area contributed by atoms with Crippen molar-refractivity contribution in [3.8, 4) is 5.75 Å². The van der Waals surface area contributed by atoms with E-state index in [0.717, 1.165) is 5.39 Å². The molecule has 3 amide bonds. The third-order valence-electron chi connectivity index (χ3n) is 2.52. The molecule has 0 spiro atoms. The van der Waals surface area contributed by atoms with Crippen LogP contribution in [0.4, 0.5) is 4.79 Å². The quantitative estimate of drug-likeness (QED) is 0.803. The Morgan fingerprint density at radius 3 is 2.70 bits per heavy atom. The largest absolute Gasteiger partial charge is 0.481 e. The van der Waals surface area contributed by atoms with Crippen molar-refractivity contribution in [2.75, 3.05) is 0 Å². The summed E-state index contributed by atoms with van der Waals surface area (Å²) in [6, 6.07) is 6.78. The first-order valence-corrected chi connectivity index (χ1v) is 5.76. The van der Waals surface area contributed by atoms with Crippen LogP contribution in [0.1, 0.15) is 6.92 Å². The highest BCUT2D eigenvalue weighted by Crippen LogP contribution is 2.20. The van der Waals surface area contributed by atoms with Gasteiger partial charge in [0.15, 0.2) is 6.10 Å². The van der Waals surface area contributed by atoms with Gasteiger partial charge in [0.1, 0.15) is 11.3 Å². The zero-order chi connectivity index (χ0) is 14.7. The van der Waals surface area contributed by atoms with Crippen molar-refractivity contribution < 1.29 is 18.7 Å². The number of urea groups is 1. The Morgan fingerprint density at radius 1 is 1.30 bits per heavy atom. The second-order valence-electron chi connectivity index (χ2n) is 4.07. The predicted molar refractivity (Wildman–Crippen MR) is 70.3 cm³/mol. The Morgan fingerprint density at radius 2 is 2.00 bits per heavy atom. The van der Waals surface area contributed by atoms with Crippen LogP contribution in [0.25, 0.3) is 11.0 Å². The first-order valence-electron chi connectivity index (χ1n) is 5.76. The van der Waals surface area contributed by atoms with E-state index in [1.165, 1.54) is 19.1 Å². The SMILES string of the molecule is C[C@@H](Oc1ccc2ccc(=O)oc2c1)C(=O)NC(N)=O. The lowest BCUT2D eigenvalue weighted by molar-refractivity contribution is -0.126. The summed E-state index contributed by atoms with van der Waals surface area (Å²) in [4.78, 5) is 33.2. The molecule has 0 aliphatic carbocycles. The molecule has 2 rings (SSSR count). The van der Waals surface area contributed by atoms with E-state index in [0.29, 0.717) is 11.3 Å². The summed E-state index contributed by atoms with van der Waals surface area (Å²) in [6.45, 7) is 1.46. The molecule has 1 atom stereocenters. The van der Waals surface area contributed by atoms with Crippen LogP contribution in [-0.2, 0) is 4.79 Å². The summed E-state index contributed by atoms with van der Waals surface area (Å²) in [6.07, 6.45) is -0.921. The van der Waals surface area contributed by atoms with Crippen LogP contribution >= 0.6 is 0 Å². The molecule has 0 aliphatic heterocycles. The van der Waals surface area contributed by atoms with Crippen LogP contribution in [0.2, 0.25) is 0 Å². The van der Waals surface area contributed by atoms with Gasteiger partial charge in [-0.25, -0.2) is 9.59 Å². The molecule has 20 heavy (non-hydrogen) atoms. The first-order chi connectivity index (χ1) is 9.45. The van der Waals surface area contributed by atoms with Crippen LogP contribution in [0.15, 0.2) is 39.5 Å². The van der Waals surface area contributed by atoms with Crippen LogP contribution in [0.3, 0.4) is 0 Å². The number of primary amides is 1. The molecule has 0 saturated carbocycles. The van der Waals surface area contributed by atoms with Gasteiger partial charge in [0, 0.05) is 17.5 Å². The molecule has 7 heteroatoms. The van der Waals surface area contributed by atoms with Gasteiger partial charge in [-0.05, 0) is 25.1 Å². The van der Waals surface area contributed by atoms with Crippen LogP contribution in [0, 0.1) is 0 Å². The molecule has 104 valence electrons. The number of benzene rings is 1. The highest BCUT2D eigenvalue weighted by Gasteiger charge is 2.16. The van der Waals surface area contributed by atoms with Crippen molar-refractivity contribution in [3.05, 3.63) is 40.8 Å². The summed E-state index contributed by atoms with van der Waals surface area (Å²) in [5.74, 6) is -0.328. The number of carbonyl (C=O) groups excluding carboxylic acids is 2. The minimum Gasteiger partial charge on any atom is -0.481 e. The van der Waals surface area contributed by atoms with E-state index in [-0.39, 0.29) is 0 Å². The lowest BCUT2D eigenvalue weighted by atomic mass is 10.2. The van der Waals surface area contributed by atoms with Crippen molar-refractivity contribution >= 4 is 22.9 Å². The van der Waals surface area contributed by atoms with Gasteiger partial charge in [0.25, 0.3) is 5.91 Å². The summed E-state index contributed by atoms with van der Waals surface area (Å²) >= 11 is 0. The Kier molecular flexibility index (Phi) is 3.69. The van der Waals surface area contributed by atoms with Crippen molar-refractivity contribution in [1.82, 2.24) is 5.32 Å². The molecule has 2 aromatic rings. The second kappa shape index (κ2) is 5.43. The van der Waals surface area contributed by atoms with E-state index in [9.17, 15) is 14.4 Å². The predicted octanol–water partition coefficient (Wildman–Crippen LogP) is 0.755. The van der Waals surface area contributed by atoms with Gasteiger partial charge in [-0.2, -0.15) is 0 Å². The number of carbonyl (C=O) groups is 2. The number of hydrogen-bond acceptors (Lipinski definition) is 5. The molecule has 3 N–H and O–H groups in total. The van der Waals surface area contributed by atoms with Crippen molar-refractivity contribution in [2.45, 2.75) is 13.0 Å².